The first kappa shape index (κ1) is 11.2. The molecule has 0 aliphatic carbocycles. The Bertz CT molecular complexity index is 360. The van der Waals surface area contributed by atoms with Crippen LogP contribution in [0.5, 0.6) is 0 Å². The number of nitrogens with zero attached hydrogens (tertiary/aromatic N) is 1. The van der Waals surface area contributed by atoms with Gasteiger partial charge in [0.15, 0.2) is 0 Å². The minimum atomic E-state index is 0.283. The van der Waals surface area contributed by atoms with Crippen LogP contribution in [0, 0.1) is 5.92 Å². The summed E-state index contributed by atoms with van der Waals surface area (Å²) in [5.41, 5.74) is 1.36. The Hall–Kier alpha value is -1.31. The third-order valence-electron chi connectivity index (χ3n) is 3.50. The smallest absolute Gasteiger partial charge is 0.222 e. The van der Waals surface area contributed by atoms with E-state index in [1.807, 2.05) is 17.9 Å². The highest BCUT2D eigenvalue weighted by Crippen LogP contribution is 2.32. The summed E-state index contributed by atoms with van der Waals surface area (Å²) in [6, 6.07) is 10.5. The predicted molar refractivity (Wildman–Crippen MR) is 65.2 cm³/mol. The lowest BCUT2D eigenvalue weighted by Gasteiger charge is -2.15. The Morgan fingerprint density at radius 3 is 2.62 bits per heavy atom. The molecular weight excluding hydrogens is 198 g/mol. The summed E-state index contributed by atoms with van der Waals surface area (Å²) < 4.78 is 0. The van der Waals surface area contributed by atoms with Crippen molar-refractivity contribution in [2.75, 3.05) is 13.1 Å². The average Bonchev–Trinajstić information content (AvgIpc) is 2.71. The molecule has 1 aliphatic rings. The third-order valence-corrected chi connectivity index (χ3v) is 3.50. The van der Waals surface area contributed by atoms with Crippen LogP contribution >= 0.6 is 0 Å². The molecule has 0 N–H and O–H groups in total. The Kier molecular flexibility index (Phi) is 3.28. The van der Waals surface area contributed by atoms with Crippen molar-refractivity contribution < 1.29 is 4.79 Å². The first-order chi connectivity index (χ1) is 7.72. The van der Waals surface area contributed by atoms with Crippen molar-refractivity contribution in [1.29, 1.82) is 0 Å². The first-order valence-electron chi connectivity index (χ1n) is 6.05. The van der Waals surface area contributed by atoms with E-state index in [4.69, 9.17) is 0 Å². The number of hydrogen-bond acceptors (Lipinski definition) is 1. The molecule has 2 heteroatoms. The van der Waals surface area contributed by atoms with Crippen molar-refractivity contribution >= 4 is 5.91 Å². The summed E-state index contributed by atoms with van der Waals surface area (Å²) in [5.74, 6) is 1.36. The van der Waals surface area contributed by atoms with Crippen molar-refractivity contribution in [3.8, 4) is 0 Å². The molecule has 0 spiro atoms. The summed E-state index contributed by atoms with van der Waals surface area (Å²) in [5, 5.41) is 0. The van der Waals surface area contributed by atoms with Gasteiger partial charge in [0.1, 0.15) is 0 Å². The second-order valence-electron chi connectivity index (χ2n) is 4.65. The van der Waals surface area contributed by atoms with E-state index >= 15 is 0 Å². The highest BCUT2D eigenvalue weighted by Gasteiger charge is 2.32. The number of benzene rings is 1. The number of rotatable bonds is 2. The van der Waals surface area contributed by atoms with Crippen LogP contribution in [0.4, 0.5) is 0 Å². The maximum absolute atomic E-state index is 11.7. The fraction of sp³-hybridized carbons (Fsp3) is 0.500. The molecular formula is C14H19NO. The van der Waals surface area contributed by atoms with Gasteiger partial charge in [-0.1, -0.05) is 44.2 Å². The van der Waals surface area contributed by atoms with E-state index in [2.05, 4.69) is 31.2 Å². The summed E-state index contributed by atoms with van der Waals surface area (Å²) in [6.07, 6.45) is 0.619. The molecule has 1 heterocycles. The van der Waals surface area contributed by atoms with Gasteiger partial charge in [-0.25, -0.2) is 0 Å². The van der Waals surface area contributed by atoms with E-state index in [1.54, 1.807) is 0 Å². The quantitative estimate of drug-likeness (QED) is 0.745. The minimum absolute atomic E-state index is 0.283. The lowest BCUT2D eigenvalue weighted by molar-refractivity contribution is -0.129. The van der Waals surface area contributed by atoms with E-state index in [1.165, 1.54) is 5.56 Å². The van der Waals surface area contributed by atoms with Gasteiger partial charge in [0, 0.05) is 25.4 Å². The Labute approximate surface area is 97.3 Å². The Balaban J connectivity index is 2.11. The predicted octanol–water partition coefficient (Wildman–Crippen LogP) is 2.66. The number of carbonyl (C=O) groups excluding carboxylic acids is 1. The number of carbonyl (C=O) groups is 1. The van der Waals surface area contributed by atoms with Crippen molar-refractivity contribution in [2.45, 2.75) is 26.2 Å². The maximum Gasteiger partial charge on any atom is 0.222 e. The lowest BCUT2D eigenvalue weighted by atomic mass is 9.90. The van der Waals surface area contributed by atoms with Crippen LogP contribution in [-0.2, 0) is 4.79 Å². The minimum Gasteiger partial charge on any atom is -0.342 e. The second-order valence-corrected chi connectivity index (χ2v) is 4.65. The first-order valence-corrected chi connectivity index (χ1v) is 6.05. The topological polar surface area (TPSA) is 20.3 Å². The Morgan fingerprint density at radius 2 is 2.00 bits per heavy atom. The highest BCUT2D eigenvalue weighted by molar-refractivity contribution is 5.76. The van der Waals surface area contributed by atoms with Crippen LogP contribution in [-0.4, -0.2) is 23.9 Å². The average molecular weight is 217 g/mol. The van der Waals surface area contributed by atoms with Crippen LogP contribution in [0.15, 0.2) is 30.3 Å². The normalized spacial score (nSPS) is 24.8. The zero-order valence-electron chi connectivity index (χ0n) is 10.0. The van der Waals surface area contributed by atoms with Gasteiger partial charge >= 0.3 is 0 Å². The Morgan fingerprint density at radius 1 is 1.31 bits per heavy atom. The molecule has 0 saturated carbocycles. The summed E-state index contributed by atoms with van der Waals surface area (Å²) in [7, 11) is 0. The van der Waals surface area contributed by atoms with E-state index in [0.29, 0.717) is 18.3 Å². The van der Waals surface area contributed by atoms with Gasteiger partial charge in [-0.15, -0.1) is 0 Å². The summed E-state index contributed by atoms with van der Waals surface area (Å²) in [4.78, 5) is 13.7. The fourth-order valence-electron chi connectivity index (χ4n) is 2.53. The molecule has 0 aromatic heterocycles. The molecule has 16 heavy (non-hydrogen) atoms. The molecule has 0 radical (unpaired) electrons. The van der Waals surface area contributed by atoms with Gasteiger partial charge in [-0.2, -0.15) is 0 Å². The standard InChI is InChI=1S/C14H19NO/c1-3-14(16)15-9-11(2)13(10-15)12-7-5-4-6-8-12/h4-8,11,13H,3,9-10H2,1-2H3. The van der Waals surface area contributed by atoms with Crippen molar-refractivity contribution in [3.05, 3.63) is 35.9 Å². The van der Waals surface area contributed by atoms with E-state index in [-0.39, 0.29) is 5.91 Å². The molecule has 86 valence electrons. The SMILES string of the molecule is CCC(=O)N1CC(C)C(c2ccccc2)C1. The molecule has 1 aromatic carbocycles. The van der Waals surface area contributed by atoms with Crippen molar-refractivity contribution in [1.82, 2.24) is 4.90 Å². The number of amides is 1. The van der Waals surface area contributed by atoms with Gasteiger partial charge in [0.25, 0.3) is 0 Å². The van der Waals surface area contributed by atoms with Crippen LogP contribution in [0.25, 0.3) is 0 Å². The second kappa shape index (κ2) is 4.69. The van der Waals surface area contributed by atoms with Crippen molar-refractivity contribution in [3.63, 3.8) is 0 Å². The van der Waals surface area contributed by atoms with Gasteiger partial charge < -0.3 is 4.90 Å². The molecule has 1 aliphatic heterocycles. The molecule has 1 aromatic rings. The number of hydrogen-bond donors (Lipinski definition) is 0. The molecule has 0 bridgehead atoms. The van der Waals surface area contributed by atoms with Crippen LogP contribution < -0.4 is 0 Å². The fourth-order valence-corrected chi connectivity index (χ4v) is 2.53. The summed E-state index contributed by atoms with van der Waals surface area (Å²) in [6.45, 7) is 5.97. The molecule has 2 nitrogen and oxygen atoms in total. The highest BCUT2D eigenvalue weighted by atomic mass is 16.2. The third kappa shape index (κ3) is 2.11. The zero-order valence-corrected chi connectivity index (χ0v) is 10.0. The number of likely N-dealkylation sites (tertiary alicyclic amines) is 1. The van der Waals surface area contributed by atoms with Crippen LogP contribution in [0.3, 0.4) is 0 Å². The molecule has 2 unspecified atom stereocenters. The molecule has 2 rings (SSSR count). The van der Waals surface area contributed by atoms with E-state index < -0.39 is 0 Å². The molecule has 1 fully saturated rings. The monoisotopic (exact) mass is 217 g/mol. The van der Waals surface area contributed by atoms with Crippen LogP contribution in [0.2, 0.25) is 0 Å². The zero-order chi connectivity index (χ0) is 11.5. The van der Waals surface area contributed by atoms with Gasteiger partial charge in [-0.05, 0) is 11.5 Å². The lowest BCUT2D eigenvalue weighted by Crippen LogP contribution is -2.27. The molecule has 2 atom stereocenters. The van der Waals surface area contributed by atoms with Gasteiger partial charge in [0.05, 0.1) is 0 Å². The largest absolute Gasteiger partial charge is 0.342 e. The van der Waals surface area contributed by atoms with E-state index in [9.17, 15) is 4.79 Å². The van der Waals surface area contributed by atoms with Gasteiger partial charge in [-0.3, -0.25) is 4.79 Å². The van der Waals surface area contributed by atoms with E-state index in [0.717, 1.165) is 13.1 Å². The molecule has 1 amide bonds. The maximum atomic E-state index is 11.7. The van der Waals surface area contributed by atoms with Gasteiger partial charge in [0.2, 0.25) is 5.91 Å². The molecule has 1 saturated heterocycles. The van der Waals surface area contributed by atoms with Crippen LogP contribution in [0.1, 0.15) is 31.7 Å². The summed E-state index contributed by atoms with van der Waals surface area (Å²) >= 11 is 0. The van der Waals surface area contributed by atoms with Crippen molar-refractivity contribution in [2.24, 2.45) is 5.92 Å².